The van der Waals surface area contributed by atoms with Crippen LogP contribution in [0.2, 0.25) is 0 Å². The smallest absolute Gasteiger partial charge is 0.255 e. The summed E-state index contributed by atoms with van der Waals surface area (Å²) >= 11 is 3.17. The Kier molecular flexibility index (Phi) is 4.37. The fourth-order valence-corrected chi connectivity index (χ4v) is 5.39. The molecule has 2 saturated heterocycles. The summed E-state index contributed by atoms with van der Waals surface area (Å²) in [5.41, 5.74) is 2.53. The molecule has 0 spiro atoms. The number of amides is 1. The molecule has 0 aliphatic carbocycles. The molecule has 1 N–H and O–H groups in total. The topological polar surface area (TPSA) is 80.2 Å². The molecular formula is C19H19N5O2S2. The van der Waals surface area contributed by atoms with Gasteiger partial charge in [-0.2, -0.15) is 0 Å². The fourth-order valence-electron chi connectivity index (χ4n) is 3.72. The number of morpholine rings is 1. The van der Waals surface area contributed by atoms with Crippen LogP contribution in [0, 0.1) is 13.8 Å². The van der Waals surface area contributed by atoms with E-state index in [0.717, 1.165) is 32.8 Å². The molecule has 3 aromatic rings. The average molecular weight is 414 g/mol. The molecule has 0 saturated carbocycles. The van der Waals surface area contributed by atoms with E-state index >= 15 is 0 Å². The van der Waals surface area contributed by atoms with Gasteiger partial charge in [-0.3, -0.25) is 4.79 Å². The number of thiazole rings is 2. The molecular weight excluding hydrogens is 394 g/mol. The first kappa shape index (κ1) is 17.7. The third-order valence-electron chi connectivity index (χ3n) is 5.05. The number of anilines is 2. The predicted molar refractivity (Wildman–Crippen MR) is 109 cm³/mol. The number of fused-ring (bicyclic) bond motifs is 2. The molecule has 7 nitrogen and oxygen atoms in total. The summed E-state index contributed by atoms with van der Waals surface area (Å²) in [5.74, 6) is 0.698. The maximum atomic E-state index is 12.7. The zero-order valence-electron chi connectivity index (χ0n) is 15.5. The molecule has 5 rings (SSSR count). The van der Waals surface area contributed by atoms with Crippen molar-refractivity contribution in [2.75, 3.05) is 18.5 Å². The molecule has 28 heavy (non-hydrogen) atoms. The highest BCUT2D eigenvalue weighted by molar-refractivity contribution is 7.16. The van der Waals surface area contributed by atoms with E-state index in [4.69, 9.17) is 4.74 Å². The number of likely N-dealkylation sites (tertiary alicyclic amines) is 1. The van der Waals surface area contributed by atoms with Gasteiger partial charge in [0.15, 0.2) is 5.13 Å². The highest BCUT2D eigenvalue weighted by Gasteiger charge is 2.41. The van der Waals surface area contributed by atoms with Crippen LogP contribution in [0.1, 0.15) is 27.5 Å². The molecule has 5 heterocycles. The van der Waals surface area contributed by atoms with Gasteiger partial charge in [0.1, 0.15) is 5.82 Å². The number of aromatic nitrogens is 3. The Balaban J connectivity index is 1.28. The highest BCUT2D eigenvalue weighted by Crippen LogP contribution is 2.33. The van der Waals surface area contributed by atoms with Crippen LogP contribution < -0.4 is 5.32 Å². The van der Waals surface area contributed by atoms with Crippen molar-refractivity contribution in [1.82, 2.24) is 19.9 Å². The summed E-state index contributed by atoms with van der Waals surface area (Å²) < 4.78 is 5.57. The Morgan fingerprint density at radius 3 is 2.86 bits per heavy atom. The Labute approximate surface area is 170 Å². The quantitative estimate of drug-likeness (QED) is 0.703. The lowest BCUT2D eigenvalue weighted by atomic mass is 10.2. The molecule has 1 amide bonds. The normalized spacial score (nSPS) is 20.7. The largest absolute Gasteiger partial charge is 0.374 e. The lowest BCUT2D eigenvalue weighted by molar-refractivity contribution is 0.0259. The van der Waals surface area contributed by atoms with Crippen LogP contribution in [0.15, 0.2) is 23.7 Å². The number of rotatable bonds is 4. The molecule has 9 heteroatoms. The lowest BCUT2D eigenvalue weighted by Crippen LogP contribution is -2.41. The summed E-state index contributed by atoms with van der Waals surface area (Å²) in [6.07, 6.45) is 2.78. The number of aryl methyl sites for hydroxylation is 2. The first-order chi connectivity index (χ1) is 13.6. The van der Waals surface area contributed by atoms with Gasteiger partial charge < -0.3 is 15.0 Å². The van der Waals surface area contributed by atoms with Gasteiger partial charge in [0, 0.05) is 18.1 Å². The number of carbonyl (C=O) groups excluding carboxylic acids is 1. The van der Waals surface area contributed by atoms with Gasteiger partial charge in [0.05, 0.1) is 45.6 Å². The third kappa shape index (κ3) is 3.19. The molecule has 0 unspecified atom stereocenters. The van der Waals surface area contributed by atoms with E-state index in [-0.39, 0.29) is 18.1 Å². The Morgan fingerprint density at radius 1 is 1.32 bits per heavy atom. The molecule has 0 radical (unpaired) electrons. The minimum Gasteiger partial charge on any atom is -0.374 e. The first-order valence-corrected chi connectivity index (χ1v) is 10.8. The Morgan fingerprint density at radius 2 is 2.21 bits per heavy atom. The third-order valence-corrected chi connectivity index (χ3v) is 6.90. The van der Waals surface area contributed by atoms with E-state index in [0.29, 0.717) is 24.5 Å². The van der Waals surface area contributed by atoms with Crippen LogP contribution >= 0.6 is 22.7 Å². The van der Waals surface area contributed by atoms with E-state index in [1.165, 1.54) is 11.3 Å². The van der Waals surface area contributed by atoms with E-state index < -0.39 is 0 Å². The van der Waals surface area contributed by atoms with Crippen molar-refractivity contribution in [3.63, 3.8) is 0 Å². The van der Waals surface area contributed by atoms with Gasteiger partial charge in [-0.1, -0.05) is 0 Å². The van der Waals surface area contributed by atoms with Crippen molar-refractivity contribution in [2.24, 2.45) is 0 Å². The van der Waals surface area contributed by atoms with Gasteiger partial charge in [0.2, 0.25) is 0 Å². The van der Waals surface area contributed by atoms with Gasteiger partial charge in [0.25, 0.3) is 5.91 Å². The molecule has 2 atom stereocenters. The SMILES string of the molecule is Cc1nc(C)c(-c2csc(Nc3ccc(C(=O)N4C[C@H]5C[C@@H]4CO5)cn3)n2)s1. The van der Waals surface area contributed by atoms with E-state index in [1.54, 1.807) is 17.5 Å². The minimum atomic E-state index is 0.0300. The maximum Gasteiger partial charge on any atom is 0.255 e. The number of carbonyl (C=O) groups is 1. The van der Waals surface area contributed by atoms with Crippen LogP contribution in [-0.2, 0) is 4.74 Å². The molecule has 2 bridgehead atoms. The standard InChI is InChI=1S/C19H19N5O2S2/c1-10-17(28-11(2)21-10)15-9-27-19(22-15)23-16-4-3-12(6-20-16)18(25)24-7-14-5-13(24)8-26-14/h3-4,6,9,13-14H,5,7-8H2,1-2H3,(H,20,22,23)/t13-,14-/m1/s1. The van der Waals surface area contributed by atoms with Gasteiger partial charge in [-0.05, 0) is 32.4 Å². The number of pyridine rings is 1. The van der Waals surface area contributed by atoms with Crippen molar-refractivity contribution in [2.45, 2.75) is 32.4 Å². The predicted octanol–water partition coefficient (Wildman–Crippen LogP) is 3.64. The summed E-state index contributed by atoms with van der Waals surface area (Å²) in [5, 5.41) is 7.04. The number of nitrogens with one attached hydrogen (secondary N) is 1. The van der Waals surface area contributed by atoms with Crippen LogP contribution in [0.4, 0.5) is 10.9 Å². The van der Waals surface area contributed by atoms with E-state index in [1.807, 2.05) is 36.3 Å². The van der Waals surface area contributed by atoms with Crippen molar-refractivity contribution < 1.29 is 9.53 Å². The number of ether oxygens (including phenoxy) is 1. The summed E-state index contributed by atoms with van der Waals surface area (Å²) in [6, 6.07) is 3.85. The van der Waals surface area contributed by atoms with Crippen LogP contribution in [-0.4, -0.2) is 51.1 Å². The summed E-state index contributed by atoms with van der Waals surface area (Å²) in [7, 11) is 0. The number of hydrogen-bond donors (Lipinski definition) is 1. The van der Waals surface area contributed by atoms with Crippen LogP contribution in [0.5, 0.6) is 0 Å². The van der Waals surface area contributed by atoms with Crippen molar-refractivity contribution in [1.29, 1.82) is 0 Å². The van der Waals surface area contributed by atoms with Crippen molar-refractivity contribution in [3.8, 4) is 10.6 Å². The molecule has 144 valence electrons. The maximum absolute atomic E-state index is 12.7. The fraction of sp³-hybridized carbons (Fsp3) is 0.368. The Bertz CT molecular complexity index is 1030. The second-order valence-electron chi connectivity index (χ2n) is 7.04. The van der Waals surface area contributed by atoms with E-state index in [2.05, 4.69) is 20.3 Å². The van der Waals surface area contributed by atoms with Gasteiger partial charge in [-0.25, -0.2) is 15.0 Å². The lowest BCUT2D eigenvalue weighted by Gasteiger charge is -2.26. The van der Waals surface area contributed by atoms with Crippen LogP contribution in [0.3, 0.4) is 0 Å². The zero-order valence-corrected chi connectivity index (χ0v) is 17.1. The number of nitrogens with zero attached hydrogens (tertiary/aromatic N) is 4. The Hall–Kier alpha value is -2.36. The second-order valence-corrected chi connectivity index (χ2v) is 9.11. The second kappa shape index (κ2) is 6.91. The molecule has 2 aliphatic rings. The van der Waals surface area contributed by atoms with Crippen molar-refractivity contribution in [3.05, 3.63) is 40.0 Å². The average Bonchev–Trinajstić information content (AvgIpc) is 3.46. The zero-order chi connectivity index (χ0) is 19.3. The molecule has 2 fully saturated rings. The minimum absolute atomic E-state index is 0.0300. The van der Waals surface area contributed by atoms with Gasteiger partial charge >= 0.3 is 0 Å². The van der Waals surface area contributed by atoms with Crippen LogP contribution in [0.25, 0.3) is 10.6 Å². The van der Waals surface area contributed by atoms with E-state index in [9.17, 15) is 4.79 Å². The summed E-state index contributed by atoms with van der Waals surface area (Å²) in [6.45, 7) is 5.33. The molecule has 3 aromatic heterocycles. The number of hydrogen-bond acceptors (Lipinski definition) is 8. The summed E-state index contributed by atoms with van der Waals surface area (Å²) in [4.78, 5) is 29.2. The van der Waals surface area contributed by atoms with Gasteiger partial charge in [-0.15, -0.1) is 22.7 Å². The van der Waals surface area contributed by atoms with Crippen molar-refractivity contribution >= 4 is 39.5 Å². The first-order valence-electron chi connectivity index (χ1n) is 9.12. The monoisotopic (exact) mass is 413 g/mol. The highest BCUT2D eigenvalue weighted by atomic mass is 32.1. The molecule has 0 aromatic carbocycles. The molecule has 2 aliphatic heterocycles.